The van der Waals surface area contributed by atoms with Gasteiger partial charge >= 0.3 is 0 Å². The molecule has 0 aromatic carbocycles. The number of nitrogens with zero attached hydrogens (tertiary/aromatic N) is 1. The van der Waals surface area contributed by atoms with Gasteiger partial charge < -0.3 is 10.2 Å². The van der Waals surface area contributed by atoms with Crippen LogP contribution in [0.1, 0.15) is 59.8 Å². The third-order valence-electron chi connectivity index (χ3n) is 3.98. The molecule has 0 aromatic heterocycles. The van der Waals surface area contributed by atoms with Crippen LogP contribution in [0.25, 0.3) is 0 Å². The molecule has 2 nitrogen and oxygen atoms in total. The Morgan fingerprint density at radius 3 is 2.33 bits per heavy atom. The number of rotatable bonds is 7. The van der Waals surface area contributed by atoms with Crippen LogP contribution in [0.3, 0.4) is 0 Å². The average molecular weight is 254 g/mol. The molecule has 0 heterocycles. The van der Waals surface area contributed by atoms with E-state index in [4.69, 9.17) is 0 Å². The second-order valence-corrected chi connectivity index (χ2v) is 7.40. The lowest BCUT2D eigenvalue weighted by Crippen LogP contribution is -2.42. The van der Waals surface area contributed by atoms with Gasteiger partial charge in [0.25, 0.3) is 0 Å². The van der Waals surface area contributed by atoms with Crippen LogP contribution in [0.5, 0.6) is 0 Å². The Kier molecular flexibility index (Phi) is 6.65. The van der Waals surface area contributed by atoms with Crippen LogP contribution >= 0.6 is 0 Å². The predicted molar refractivity (Wildman–Crippen MR) is 81.0 cm³/mol. The molecule has 0 radical (unpaired) electrons. The highest BCUT2D eigenvalue weighted by Crippen LogP contribution is 2.25. The van der Waals surface area contributed by atoms with Gasteiger partial charge in [-0.1, -0.05) is 47.0 Å². The van der Waals surface area contributed by atoms with E-state index in [1.165, 1.54) is 45.2 Å². The molecular weight excluding hydrogens is 220 g/mol. The number of nitrogens with one attached hydrogen (secondary N) is 1. The van der Waals surface area contributed by atoms with Crippen LogP contribution in [0.4, 0.5) is 0 Å². The summed E-state index contributed by atoms with van der Waals surface area (Å²) in [4.78, 5) is 2.55. The Balaban J connectivity index is 2.26. The van der Waals surface area contributed by atoms with Crippen molar-refractivity contribution in [3.8, 4) is 0 Å². The van der Waals surface area contributed by atoms with Crippen molar-refractivity contribution >= 4 is 0 Å². The zero-order valence-corrected chi connectivity index (χ0v) is 13.3. The average Bonchev–Trinajstić information content (AvgIpc) is 2.27. The number of hydrogen-bond acceptors (Lipinski definition) is 2. The lowest BCUT2D eigenvalue weighted by atomic mass is 9.87. The van der Waals surface area contributed by atoms with E-state index in [0.29, 0.717) is 11.5 Å². The van der Waals surface area contributed by atoms with Crippen LogP contribution in [-0.2, 0) is 0 Å². The molecule has 1 saturated carbocycles. The Morgan fingerprint density at radius 1 is 1.17 bits per heavy atom. The topological polar surface area (TPSA) is 15.3 Å². The first-order valence-corrected chi connectivity index (χ1v) is 7.81. The monoisotopic (exact) mass is 254 g/mol. The molecule has 1 N–H and O–H groups in total. The molecule has 0 unspecified atom stereocenters. The van der Waals surface area contributed by atoms with E-state index in [2.05, 4.69) is 45.0 Å². The Bertz CT molecular complexity index is 217. The SMILES string of the molecule is CC(C)NCC(C)(C)CN(C)CC1CCCCC1. The Morgan fingerprint density at radius 2 is 1.78 bits per heavy atom. The van der Waals surface area contributed by atoms with Gasteiger partial charge in [0.15, 0.2) is 0 Å². The fourth-order valence-electron chi connectivity index (χ4n) is 3.14. The molecule has 1 rings (SSSR count). The highest BCUT2D eigenvalue weighted by Gasteiger charge is 2.22. The summed E-state index contributed by atoms with van der Waals surface area (Å²) in [7, 11) is 2.30. The first-order chi connectivity index (χ1) is 8.39. The van der Waals surface area contributed by atoms with Gasteiger partial charge in [-0.2, -0.15) is 0 Å². The summed E-state index contributed by atoms with van der Waals surface area (Å²) in [5, 5.41) is 3.57. The van der Waals surface area contributed by atoms with E-state index in [1.807, 2.05) is 0 Å². The molecule has 0 aromatic rings. The summed E-state index contributed by atoms with van der Waals surface area (Å²) in [5.74, 6) is 0.956. The van der Waals surface area contributed by atoms with Gasteiger partial charge in [0, 0.05) is 25.7 Å². The molecule has 0 saturated heterocycles. The van der Waals surface area contributed by atoms with Crippen LogP contribution in [-0.4, -0.2) is 37.6 Å². The Hall–Kier alpha value is -0.0800. The fourth-order valence-corrected chi connectivity index (χ4v) is 3.14. The maximum Gasteiger partial charge on any atom is 0.00419 e. The second kappa shape index (κ2) is 7.49. The highest BCUT2D eigenvalue weighted by atomic mass is 15.1. The lowest BCUT2D eigenvalue weighted by molar-refractivity contribution is 0.165. The summed E-state index contributed by atoms with van der Waals surface area (Å²) in [6.45, 7) is 12.8. The molecule has 1 aliphatic rings. The normalized spacial score (nSPS) is 18.8. The molecule has 0 bridgehead atoms. The van der Waals surface area contributed by atoms with Crippen LogP contribution < -0.4 is 5.32 Å². The van der Waals surface area contributed by atoms with E-state index in [-0.39, 0.29) is 0 Å². The summed E-state index contributed by atoms with van der Waals surface area (Å²) in [6, 6.07) is 0.591. The molecule has 18 heavy (non-hydrogen) atoms. The standard InChI is InChI=1S/C16H34N2/c1-14(2)17-12-16(3,4)13-18(5)11-15-9-7-6-8-10-15/h14-15,17H,6-13H2,1-5H3. The molecule has 1 aliphatic carbocycles. The van der Waals surface area contributed by atoms with Crippen LogP contribution in [0.2, 0.25) is 0 Å². The van der Waals surface area contributed by atoms with Crippen molar-refractivity contribution in [2.45, 2.75) is 65.8 Å². The quantitative estimate of drug-likeness (QED) is 0.748. The first-order valence-electron chi connectivity index (χ1n) is 7.81. The van der Waals surface area contributed by atoms with Gasteiger partial charge in [-0.05, 0) is 31.2 Å². The van der Waals surface area contributed by atoms with E-state index >= 15 is 0 Å². The largest absolute Gasteiger partial charge is 0.314 e. The zero-order chi connectivity index (χ0) is 13.6. The van der Waals surface area contributed by atoms with Crippen LogP contribution in [0.15, 0.2) is 0 Å². The molecule has 0 amide bonds. The molecule has 0 spiro atoms. The van der Waals surface area contributed by atoms with E-state index < -0.39 is 0 Å². The van der Waals surface area contributed by atoms with E-state index in [1.54, 1.807) is 0 Å². The van der Waals surface area contributed by atoms with E-state index in [0.717, 1.165) is 12.5 Å². The van der Waals surface area contributed by atoms with Crippen molar-refractivity contribution < 1.29 is 0 Å². The predicted octanol–water partition coefficient (Wildman–Crippen LogP) is 3.52. The van der Waals surface area contributed by atoms with Crippen molar-refractivity contribution in [1.82, 2.24) is 10.2 Å². The van der Waals surface area contributed by atoms with Gasteiger partial charge in [0.1, 0.15) is 0 Å². The van der Waals surface area contributed by atoms with E-state index in [9.17, 15) is 0 Å². The van der Waals surface area contributed by atoms with Crippen LogP contribution in [0, 0.1) is 11.3 Å². The third-order valence-corrected chi connectivity index (χ3v) is 3.98. The minimum Gasteiger partial charge on any atom is -0.314 e. The van der Waals surface area contributed by atoms with Gasteiger partial charge in [0.05, 0.1) is 0 Å². The fraction of sp³-hybridized carbons (Fsp3) is 1.00. The van der Waals surface area contributed by atoms with Crippen molar-refractivity contribution in [3.05, 3.63) is 0 Å². The molecule has 108 valence electrons. The summed E-state index contributed by atoms with van der Waals surface area (Å²) in [5.41, 5.74) is 0.369. The molecule has 0 atom stereocenters. The smallest absolute Gasteiger partial charge is 0.00419 e. The zero-order valence-electron chi connectivity index (χ0n) is 13.3. The maximum absolute atomic E-state index is 3.57. The van der Waals surface area contributed by atoms with Crippen molar-refractivity contribution in [2.24, 2.45) is 11.3 Å². The van der Waals surface area contributed by atoms with Gasteiger partial charge in [0.2, 0.25) is 0 Å². The maximum atomic E-state index is 3.57. The van der Waals surface area contributed by atoms with Crippen molar-refractivity contribution in [1.29, 1.82) is 0 Å². The second-order valence-electron chi connectivity index (χ2n) is 7.40. The Labute approximate surface area is 115 Å². The summed E-state index contributed by atoms with van der Waals surface area (Å²) >= 11 is 0. The minimum absolute atomic E-state index is 0.369. The van der Waals surface area contributed by atoms with Gasteiger partial charge in [-0.3, -0.25) is 0 Å². The first kappa shape index (κ1) is 16.0. The summed E-state index contributed by atoms with van der Waals surface area (Å²) < 4.78 is 0. The third kappa shape index (κ3) is 6.75. The van der Waals surface area contributed by atoms with Crippen molar-refractivity contribution in [3.63, 3.8) is 0 Å². The summed E-state index contributed by atoms with van der Waals surface area (Å²) in [6.07, 6.45) is 7.28. The molecular formula is C16H34N2. The minimum atomic E-state index is 0.369. The lowest BCUT2D eigenvalue weighted by Gasteiger charge is -2.34. The molecule has 0 aliphatic heterocycles. The molecule has 2 heteroatoms. The highest BCUT2D eigenvalue weighted by molar-refractivity contribution is 4.78. The van der Waals surface area contributed by atoms with Gasteiger partial charge in [-0.15, -0.1) is 0 Å². The number of hydrogen-bond donors (Lipinski definition) is 1. The van der Waals surface area contributed by atoms with Gasteiger partial charge in [-0.25, -0.2) is 0 Å². The van der Waals surface area contributed by atoms with Crippen molar-refractivity contribution in [2.75, 3.05) is 26.7 Å². The molecule has 1 fully saturated rings.